The molecule has 100 valence electrons. The lowest BCUT2D eigenvalue weighted by molar-refractivity contribution is 0.285. The molecule has 2 N–H and O–H groups in total. The molecule has 3 aromatic carbocycles. The van der Waals surface area contributed by atoms with E-state index in [4.69, 9.17) is 9.47 Å². The van der Waals surface area contributed by atoms with E-state index in [1.807, 2.05) is 24.3 Å². The van der Waals surface area contributed by atoms with E-state index in [0.717, 1.165) is 32.9 Å². The molecule has 3 aromatic rings. The molecular weight excluding hydrogens is 256 g/mol. The minimum Gasteiger partial charge on any atom is -0.504 e. The molecule has 20 heavy (non-hydrogen) atoms. The fourth-order valence-electron chi connectivity index (χ4n) is 2.88. The van der Waals surface area contributed by atoms with Crippen LogP contribution in [0.4, 0.5) is 0 Å². The number of rotatable bonds is 1. The molecule has 0 radical (unpaired) electrons. The lowest BCUT2D eigenvalue weighted by atomic mass is 9.94. The molecule has 1 heterocycles. The van der Waals surface area contributed by atoms with Gasteiger partial charge in [0.15, 0.2) is 11.5 Å². The largest absolute Gasteiger partial charge is 0.504 e. The van der Waals surface area contributed by atoms with Gasteiger partial charge in [0.05, 0.1) is 7.11 Å². The summed E-state index contributed by atoms with van der Waals surface area (Å²) in [5, 5.41) is 23.5. The van der Waals surface area contributed by atoms with E-state index in [1.54, 1.807) is 13.2 Å². The van der Waals surface area contributed by atoms with Gasteiger partial charge in [0.2, 0.25) is 5.75 Å². The maximum Gasteiger partial charge on any atom is 0.201 e. The van der Waals surface area contributed by atoms with Gasteiger partial charge in [-0.1, -0.05) is 12.1 Å². The normalized spacial score (nSPS) is 12.8. The first kappa shape index (κ1) is 11.2. The number of benzene rings is 3. The van der Waals surface area contributed by atoms with Crippen molar-refractivity contribution >= 4 is 21.5 Å². The third-order valence-electron chi connectivity index (χ3n) is 3.79. The van der Waals surface area contributed by atoms with Crippen LogP contribution in [-0.2, 0) is 6.61 Å². The molecule has 0 unspecified atom stereocenters. The highest BCUT2D eigenvalue weighted by Gasteiger charge is 2.22. The van der Waals surface area contributed by atoms with Gasteiger partial charge in [0.25, 0.3) is 0 Å². The van der Waals surface area contributed by atoms with E-state index in [2.05, 4.69) is 0 Å². The van der Waals surface area contributed by atoms with Crippen molar-refractivity contribution in [3.63, 3.8) is 0 Å². The van der Waals surface area contributed by atoms with Crippen LogP contribution < -0.4 is 9.47 Å². The molecule has 0 fully saturated rings. The van der Waals surface area contributed by atoms with Crippen LogP contribution in [0.3, 0.4) is 0 Å². The summed E-state index contributed by atoms with van der Waals surface area (Å²) in [4.78, 5) is 0. The highest BCUT2D eigenvalue weighted by atomic mass is 16.5. The van der Waals surface area contributed by atoms with E-state index >= 15 is 0 Å². The zero-order valence-corrected chi connectivity index (χ0v) is 10.8. The molecule has 0 spiro atoms. The SMILES string of the molecule is COc1cc2c3c(ccc4cc(O)c(O)c(c43)OC2)c1. The molecule has 1 aliphatic rings. The maximum atomic E-state index is 9.99. The molecule has 1 aliphatic heterocycles. The van der Waals surface area contributed by atoms with Gasteiger partial charge in [-0.15, -0.1) is 0 Å². The highest BCUT2D eigenvalue weighted by molar-refractivity contribution is 6.14. The van der Waals surface area contributed by atoms with E-state index in [9.17, 15) is 10.2 Å². The van der Waals surface area contributed by atoms with Crippen molar-refractivity contribution in [1.29, 1.82) is 0 Å². The summed E-state index contributed by atoms with van der Waals surface area (Å²) in [5.41, 5.74) is 1.02. The summed E-state index contributed by atoms with van der Waals surface area (Å²) >= 11 is 0. The lowest BCUT2D eigenvalue weighted by Crippen LogP contribution is -2.04. The Hall–Kier alpha value is -2.62. The number of ether oxygens (including phenoxy) is 2. The first-order chi connectivity index (χ1) is 9.69. The second kappa shape index (κ2) is 3.70. The standard InChI is InChI=1S/C16H12O4/c1-19-11-4-8-2-3-9-6-12(17)15(18)16-14(9)13(8)10(5-11)7-20-16/h2-6,17-18H,7H2,1H3. The zero-order valence-electron chi connectivity index (χ0n) is 10.8. The van der Waals surface area contributed by atoms with Gasteiger partial charge in [-0.05, 0) is 29.0 Å². The van der Waals surface area contributed by atoms with Crippen molar-refractivity contribution in [2.24, 2.45) is 0 Å². The van der Waals surface area contributed by atoms with Gasteiger partial charge in [-0.2, -0.15) is 0 Å². The average Bonchev–Trinajstić information content (AvgIpc) is 2.48. The summed E-state index contributed by atoms with van der Waals surface area (Å²) in [6.07, 6.45) is 0. The van der Waals surface area contributed by atoms with Crippen molar-refractivity contribution in [1.82, 2.24) is 0 Å². The maximum absolute atomic E-state index is 9.99. The first-order valence-corrected chi connectivity index (χ1v) is 6.30. The van der Waals surface area contributed by atoms with Gasteiger partial charge in [-0.3, -0.25) is 0 Å². The molecule has 0 saturated carbocycles. The van der Waals surface area contributed by atoms with E-state index in [0.29, 0.717) is 12.4 Å². The van der Waals surface area contributed by atoms with Crippen LogP contribution in [-0.4, -0.2) is 17.3 Å². The van der Waals surface area contributed by atoms with Gasteiger partial charge >= 0.3 is 0 Å². The molecule has 0 bridgehead atoms. The molecule has 0 amide bonds. The Bertz CT molecular complexity index is 868. The summed E-state index contributed by atoms with van der Waals surface area (Å²) in [5.74, 6) is 0.764. The Morgan fingerprint density at radius 1 is 1.05 bits per heavy atom. The van der Waals surface area contributed by atoms with Crippen LogP contribution in [0.1, 0.15) is 5.56 Å². The van der Waals surface area contributed by atoms with Crippen LogP contribution in [0, 0.1) is 0 Å². The molecule has 4 nitrogen and oxygen atoms in total. The predicted octanol–water partition coefficient (Wildman–Crippen LogP) is 3.31. The topological polar surface area (TPSA) is 58.9 Å². The smallest absolute Gasteiger partial charge is 0.201 e. The number of phenolic OH excluding ortho intramolecular Hbond substituents is 2. The monoisotopic (exact) mass is 268 g/mol. The third kappa shape index (κ3) is 1.30. The number of methoxy groups -OCH3 is 1. The number of hydrogen-bond acceptors (Lipinski definition) is 4. The Labute approximate surface area is 114 Å². The summed E-state index contributed by atoms with van der Waals surface area (Å²) in [6, 6.07) is 9.33. The van der Waals surface area contributed by atoms with Gasteiger partial charge < -0.3 is 19.7 Å². The molecule has 0 saturated heterocycles. The average molecular weight is 268 g/mol. The fourth-order valence-corrected chi connectivity index (χ4v) is 2.88. The predicted molar refractivity (Wildman–Crippen MR) is 75.7 cm³/mol. The van der Waals surface area contributed by atoms with Crippen LogP contribution >= 0.6 is 0 Å². The molecule has 4 heteroatoms. The van der Waals surface area contributed by atoms with Crippen LogP contribution in [0.2, 0.25) is 0 Å². The first-order valence-electron chi connectivity index (χ1n) is 6.30. The van der Waals surface area contributed by atoms with E-state index in [-0.39, 0.29) is 11.5 Å². The zero-order chi connectivity index (χ0) is 13.9. The second-order valence-electron chi connectivity index (χ2n) is 4.91. The number of aromatic hydroxyl groups is 2. The summed E-state index contributed by atoms with van der Waals surface area (Å²) in [6.45, 7) is 0.344. The van der Waals surface area contributed by atoms with Crippen molar-refractivity contribution < 1.29 is 19.7 Å². The van der Waals surface area contributed by atoms with Crippen LogP contribution in [0.25, 0.3) is 21.5 Å². The Kier molecular flexibility index (Phi) is 2.07. The highest BCUT2D eigenvalue weighted by Crippen LogP contribution is 2.48. The third-order valence-corrected chi connectivity index (χ3v) is 3.79. The minimum absolute atomic E-state index is 0.163. The van der Waals surface area contributed by atoms with Crippen molar-refractivity contribution in [3.05, 3.63) is 35.9 Å². The van der Waals surface area contributed by atoms with E-state index in [1.165, 1.54) is 0 Å². The number of phenols is 2. The molecular formula is C16H12O4. The quantitative estimate of drug-likeness (QED) is 0.525. The molecule has 0 aliphatic carbocycles. The Balaban J connectivity index is 2.26. The van der Waals surface area contributed by atoms with E-state index < -0.39 is 0 Å². The molecule has 4 rings (SSSR count). The van der Waals surface area contributed by atoms with Gasteiger partial charge in [-0.25, -0.2) is 0 Å². The van der Waals surface area contributed by atoms with Crippen molar-refractivity contribution in [3.8, 4) is 23.0 Å². The molecule has 0 aromatic heterocycles. The van der Waals surface area contributed by atoms with Crippen molar-refractivity contribution in [2.75, 3.05) is 7.11 Å². The summed E-state index contributed by atoms with van der Waals surface area (Å²) < 4.78 is 10.9. The number of hydrogen-bond donors (Lipinski definition) is 2. The van der Waals surface area contributed by atoms with Gasteiger partial charge in [0, 0.05) is 16.3 Å². The Morgan fingerprint density at radius 3 is 2.55 bits per heavy atom. The van der Waals surface area contributed by atoms with Gasteiger partial charge in [0.1, 0.15) is 12.4 Å². The van der Waals surface area contributed by atoms with Crippen LogP contribution in [0.15, 0.2) is 30.3 Å². The lowest BCUT2D eigenvalue weighted by Gasteiger charge is -2.21. The second-order valence-corrected chi connectivity index (χ2v) is 4.91. The minimum atomic E-state index is -0.202. The van der Waals surface area contributed by atoms with Crippen molar-refractivity contribution in [2.45, 2.75) is 6.61 Å². The fraction of sp³-hybridized carbons (Fsp3) is 0.125. The summed E-state index contributed by atoms with van der Waals surface area (Å²) in [7, 11) is 1.63. The Morgan fingerprint density at radius 2 is 1.80 bits per heavy atom. The van der Waals surface area contributed by atoms with Crippen LogP contribution in [0.5, 0.6) is 23.0 Å². The molecule has 0 atom stereocenters.